The molecular weight excluding hydrogens is 302 g/mol. The van der Waals surface area contributed by atoms with Crippen molar-refractivity contribution in [3.8, 4) is 10.6 Å². The van der Waals surface area contributed by atoms with Crippen LogP contribution in [0.4, 0.5) is 0 Å². The summed E-state index contributed by atoms with van der Waals surface area (Å²) < 4.78 is 7.40. The molecule has 0 saturated heterocycles. The van der Waals surface area contributed by atoms with E-state index < -0.39 is 0 Å². The number of rotatable bonds is 4. The Morgan fingerprint density at radius 3 is 2.86 bits per heavy atom. The molecule has 0 amide bonds. The molecule has 21 heavy (non-hydrogen) atoms. The first-order valence-corrected chi connectivity index (χ1v) is 8.39. The molecule has 4 nitrogen and oxygen atoms in total. The average molecular weight is 317 g/mol. The second kappa shape index (κ2) is 6.24. The molecule has 0 N–H and O–H groups in total. The van der Waals surface area contributed by atoms with E-state index in [2.05, 4.69) is 26.9 Å². The van der Waals surface area contributed by atoms with E-state index in [0.717, 1.165) is 28.6 Å². The zero-order valence-electron chi connectivity index (χ0n) is 11.8. The molecule has 0 aliphatic rings. The minimum atomic E-state index is 0.736. The van der Waals surface area contributed by atoms with Gasteiger partial charge in [0.15, 0.2) is 0 Å². The van der Waals surface area contributed by atoms with E-state index in [1.165, 1.54) is 4.88 Å². The van der Waals surface area contributed by atoms with Gasteiger partial charge in [-0.2, -0.15) is 5.10 Å². The Labute approximate surface area is 130 Å². The Morgan fingerprint density at radius 1 is 1.29 bits per heavy atom. The molecule has 3 rings (SSSR count). The van der Waals surface area contributed by atoms with Crippen LogP contribution in [0, 0.1) is 6.92 Å². The summed E-state index contributed by atoms with van der Waals surface area (Å²) in [4.78, 5) is 6.56. The summed E-state index contributed by atoms with van der Waals surface area (Å²) in [5.41, 5.74) is 1.06. The van der Waals surface area contributed by atoms with Crippen LogP contribution >= 0.6 is 22.7 Å². The van der Waals surface area contributed by atoms with Gasteiger partial charge in [0.25, 0.3) is 0 Å². The molecule has 0 bridgehead atoms. The minimum Gasteiger partial charge on any atom is -0.460 e. The van der Waals surface area contributed by atoms with Crippen molar-refractivity contribution in [3.05, 3.63) is 51.3 Å². The van der Waals surface area contributed by atoms with E-state index in [-0.39, 0.29) is 0 Å². The summed E-state index contributed by atoms with van der Waals surface area (Å²) in [5.74, 6) is 1.62. The first-order valence-electron chi connectivity index (χ1n) is 6.63. The normalized spacial score (nSPS) is 12.6. The fourth-order valence-corrected chi connectivity index (χ4v) is 3.58. The number of thiazole rings is 1. The number of hydrogen-bond acceptors (Lipinski definition) is 5. The fraction of sp³-hybridized carbons (Fsp3) is 0.200. The van der Waals surface area contributed by atoms with Crippen molar-refractivity contribution in [2.45, 2.75) is 13.8 Å². The molecule has 0 aliphatic heterocycles. The molecule has 0 radical (unpaired) electrons. The lowest BCUT2D eigenvalue weighted by Crippen LogP contribution is -2.12. The second-order valence-corrected chi connectivity index (χ2v) is 6.14. The molecule has 3 aromatic heterocycles. The molecular formula is C15H15N3OS2. The van der Waals surface area contributed by atoms with Gasteiger partial charge in [0.2, 0.25) is 4.80 Å². The summed E-state index contributed by atoms with van der Waals surface area (Å²) >= 11 is 3.29. The zero-order valence-corrected chi connectivity index (χ0v) is 13.4. The molecule has 0 aliphatic carbocycles. The number of hydrogen-bond donors (Lipinski definition) is 0. The largest absolute Gasteiger partial charge is 0.460 e. The Morgan fingerprint density at radius 2 is 2.19 bits per heavy atom. The van der Waals surface area contributed by atoms with Crippen molar-refractivity contribution < 1.29 is 4.42 Å². The van der Waals surface area contributed by atoms with Crippen molar-refractivity contribution in [2.24, 2.45) is 10.1 Å². The van der Waals surface area contributed by atoms with Gasteiger partial charge in [-0.05, 0) is 37.4 Å². The zero-order chi connectivity index (χ0) is 14.7. The highest BCUT2D eigenvalue weighted by molar-refractivity contribution is 7.14. The first kappa shape index (κ1) is 14.0. The topological polar surface area (TPSA) is 42.8 Å². The van der Waals surface area contributed by atoms with Gasteiger partial charge >= 0.3 is 0 Å². The number of aromatic nitrogens is 1. The quantitative estimate of drug-likeness (QED) is 0.671. The first-order chi connectivity index (χ1) is 10.3. The molecule has 3 aromatic rings. The van der Waals surface area contributed by atoms with Gasteiger partial charge in [-0.25, -0.2) is 4.68 Å². The van der Waals surface area contributed by atoms with Crippen molar-refractivity contribution in [3.63, 3.8) is 0 Å². The van der Waals surface area contributed by atoms with Crippen LogP contribution < -0.4 is 4.80 Å². The lowest BCUT2D eigenvalue weighted by Gasteiger charge is -1.99. The lowest BCUT2D eigenvalue weighted by atomic mass is 10.4. The van der Waals surface area contributed by atoms with Crippen LogP contribution in [0.25, 0.3) is 10.6 Å². The number of furan rings is 1. The van der Waals surface area contributed by atoms with E-state index in [9.17, 15) is 0 Å². The van der Waals surface area contributed by atoms with Gasteiger partial charge in [0, 0.05) is 11.9 Å². The van der Waals surface area contributed by atoms with Crippen molar-refractivity contribution in [1.82, 2.24) is 4.68 Å². The third-order valence-corrected chi connectivity index (χ3v) is 4.56. The molecule has 0 fully saturated rings. The van der Waals surface area contributed by atoms with Crippen LogP contribution in [-0.4, -0.2) is 17.4 Å². The molecule has 0 atom stereocenters. The van der Waals surface area contributed by atoms with Crippen LogP contribution in [0.3, 0.4) is 0 Å². The third-order valence-electron chi connectivity index (χ3n) is 2.81. The molecule has 6 heteroatoms. The van der Waals surface area contributed by atoms with Gasteiger partial charge in [-0.15, -0.1) is 22.7 Å². The standard InChI is InChI=1S/C15H15N3OS2/c1-3-16-15-18(17-9-12-7-6-11(2)19-12)13(10-21-15)14-5-4-8-20-14/h4-10H,3H2,1-2H3. The maximum atomic E-state index is 5.52. The average Bonchev–Trinajstić information content (AvgIpc) is 3.17. The Kier molecular flexibility index (Phi) is 4.17. The Balaban J connectivity index is 2.05. The number of aryl methyl sites for hydroxylation is 1. The summed E-state index contributed by atoms with van der Waals surface area (Å²) in [6.45, 7) is 4.68. The van der Waals surface area contributed by atoms with Gasteiger partial charge in [0.05, 0.1) is 16.8 Å². The minimum absolute atomic E-state index is 0.736. The summed E-state index contributed by atoms with van der Waals surface area (Å²) in [7, 11) is 0. The highest BCUT2D eigenvalue weighted by Crippen LogP contribution is 2.25. The van der Waals surface area contributed by atoms with E-state index in [1.807, 2.05) is 36.7 Å². The van der Waals surface area contributed by atoms with Crippen LogP contribution in [0.5, 0.6) is 0 Å². The molecule has 0 unspecified atom stereocenters. The van der Waals surface area contributed by atoms with Gasteiger partial charge in [-0.1, -0.05) is 6.07 Å². The maximum absolute atomic E-state index is 5.52. The summed E-state index contributed by atoms with van der Waals surface area (Å²) in [5, 5.41) is 8.70. The Hall–Kier alpha value is -1.92. The van der Waals surface area contributed by atoms with E-state index in [0.29, 0.717) is 0 Å². The SMILES string of the molecule is CCN=c1scc(-c2cccs2)n1N=Cc1ccc(C)o1. The molecule has 108 valence electrons. The third kappa shape index (κ3) is 3.06. The maximum Gasteiger partial charge on any atom is 0.206 e. The van der Waals surface area contributed by atoms with Crippen molar-refractivity contribution in [1.29, 1.82) is 0 Å². The Bertz CT molecular complexity index is 806. The van der Waals surface area contributed by atoms with Gasteiger partial charge in [-0.3, -0.25) is 4.99 Å². The molecule has 0 aromatic carbocycles. The van der Waals surface area contributed by atoms with Crippen LogP contribution in [0.15, 0.2) is 49.5 Å². The highest BCUT2D eigenvalue weighted by Gasteiger charge is 2.08. The smallest absolute Gasteiger partial charge is 0.206 e. The fourth-order valence-electron chi connectivity index (χ4n) is 1.89. The predicted octanol–water partition coefficient (Wildman–Crippen LogP) is 3.98. The van der Waals surface area contributed by atoms with Gasteiger partial charge in [0.1, 0.15) is 11.5 Å². The second-order valence-electron chi connectivity index (χ2n) is 4.36. The molecule has 0 saturated carbocycles. The van der Waals surface area contributed by atoms with E-state index in [1.54, 1.807) is 28.9 Å². The van der Waals surface area contributed by atoms with Gasteiger partial charge < -0.3 is 4.42 Å². The van der Waals surface area contributed by atoms with Crippen LogP contribution in [-0.2, 0) is 0 Å². The monoisotopic (exact) mass is 317 g/mol. The van der Waals surface area contributed by atoms with Crippen molar-refractivity contribution in [2.75, 3.05) is 6.54 Å². The highest BCUT2D eigenvalue weighted by atomic mass is 32.1. The molecule has 3 heterocycles. The lowest BCUT2D eigenvalue weighted by molar-refractivity contribution is 0.527. The van der Waals surface area contributed by atoms with E-state index >= 15 is 0 Å². The molecule has 0 spiro atoms. The summed E-state index contributed by atoms with van der Waals surface area (Å²) in [6, 6.07) is 7.97. The van der Waals surface area contributed by atoms with Crippen LogP contribution in [0.2, 0.25) is 0 Å². The van der Waals surface area contributed by atoms with Crippen LogP contribution in [0.1, 0.15) is 18.4 Å². The number of thiophene rings is 1. The predicted molar refractivity (Wildman–Crippen MR) is 88.2 cm³/mol. The van der Waals surface area contributed by atoms with E-state index in [4.69, 9.17) is 4.42 Å². The number of nitrogens with zero attached hydrogens (tertiary/aromatic N) is 3. The summed E-state index contributed by atoms with van der Waals surface area (Å²) in [6.07, 6.45) is 1.73. The van der Waals surface area contributed by atoms with Crippen molar-refractivity contribution >= 4 is 28.9 Å².